The molecule has 0 spiro atoms. The number of carbonyl (C=O) groups is 1. The zero-order valence-corrected chi connectivity index (χ0v) is 11.9. The summed E-state index contributed by atoms with van der Waals surface area (Å²) in [5.74, 6) is 0.161. The molecule has 3 rings (SSSR count). The predicted molar refractivity (Wildman–Crippen MR) is 77.4 cm³/mol. The minimum atomic E-state index is 0.0340. The van der Waals surface area contributed by atoms with Gasteiger partial charge in [-0.05, 0) is 18.4 Å². The number of nitrogens with one attached hydrogen (secondary N) is 1. The van der Waals surface area contributed by atoms with Crippen LogP contribution in [0.15, 0.2) is 30.3 Å². The minimum absolute atomic E-state index is 0.0340. The molecule has 108 valence electrons. The molecule has 4 nitrogen and oxygen atoms in total. The van der Waals surface area contributed by atoms with Crippen LogP contribution < -0.4 is 5.32 Å². The SMILES string of the molecule is CNC(=O)[C@H]1C[C@H]2CN(CCc3ccccc3)C[C@H]1O2. The molecule has 2 fully saturated rings. The topological polar surface area (TPSA) is 41.6 Å². The maximum atomic E-state index is 11.8. The van der Waals surface area contributed by atoms with Crippen LogP contribution in [0.1, 0.15) is 12.0 Å². The van der Waals surface area contributed by atoms with Gasteiger partial charge in [0.1, 0.15) is 0 Å². The van der Waals surface area contributed by atoms with E-state index in [0.717, 1.165) is 32.5 Å². The summed E-state index contributed by atoms with van der Waals surface area (Å²) in [4.78, 5) is 14.3. The molecule has 0 unspecified atom stereocenters. The Hall–Kier alpha value is -1.39. The Morgan fingerprint density at radius 2 is 2.15 bits per heavy atom. The second kappa shape index (κ2) is 5.94. The first-order chi connectivity index (χ1) is 9.76. The molecule has 2 aliphatic heterocycles. The van der Waals surface area contributed by atoms with Crippen LogP contribution in [0.2, 0.25) is 0 Å². The number of amides is 1. The van der Waals surface area contributed by atoms with Gasteiger partial charge in [-0.15, -0.1) is 0 Å². The Bertz CT molecular complexity index is 463. The van der Waals surface area contributed by atoms with E-state index >= 15 is 0 Å². The van der Waals surface area contributed by atoms with Gasteiger partial charge < -0.3 is 10.1 Å². The fourth-order valence-corrected chi connectivity index (χ4v) is 3.31. The fraction of sp³-hybridized carbons (Fsp3) is 0.562. The van der Waals surface area contributed by atoms with E-state index in [1.54, 1.807) is 7.05 Å². The third kappa shape index (κ3) is 2.86. The summed E-state index contributed by atoms with van der Waals surface area (Å²) in [5, 5.41) is 2.75. The summed E-state index contributed by atoms with van der Waals surface area (Å²) < 4.78 is 5.91. The molecule has 1 aromatic carbocycles. The highest BCUT2D eigenvalue weighted by Crippen LogP contribution is 2.32. The molecule has 1 aromatic rings. The second-order valence-corrected chi connectivity index (χ2v) is 5.75. The maximum absolute atomic E-state index is 11.8. The summed E-state index contributed by atoms with van der Waals surface area (Å²) in [5.41, 5.74) is 1.37. The molecule has 1 amide bonds. The van der Waals surface area contributed by atoms with Crippen LogP contribution in [0.3, 0.4) is 0 Å². The highest BCUT2D eigenvalue weighted by Gasteiger charge is 2.44. The van der Waals surface area contributed by atoms with E-state index in [2.05, 4.69) is 34.5 Å². The predicted octanol–water partition coefficient (Wildman–Crippen LogP) is 1.06. The Morgan fingerprint density at radius 1 is 1.35 bits per heavy atom. The molecule has 20 heavy (non-hydrogen) atoms. The highest BCUT2D eigenvalue weighted by molar-refractivity contribution is 5.79. The van der Waals surface area contributed by atoms with Crippen molar-refractivity contribution in [3.8, 4) is 0 Å². The summed E-state index contributed by atoms with van der Waals surface area (Å²) in [6, 6.07) is 10.6. The average Bonchev–Trinajstić information content (AvgIpc) is 2.80. The number of benzene rings is 1. The Labute approximate surface area is 120 Å². The van der Waals surface area contributed by atoms with Crippen molar-refractivity contribution in [2.75, 3.05) is 26.7 Å². The largest absolute Gasteiger partial charge is 0.371 e. The number of morpholine rings is 1. The van der Waals surface area contributed by atoms with Crippen LogP contribution >= 0.6 is 0 Å². The molecule has 0 aromatic heterocycles. The second-order valence-electron chi connectivity index (χ2n) is 5.75. The Kier molecular flexibility index (Phi) is 4.03. The van der Waals surface area contributed by atoms with Gasteiger partial charge >= 0.3 is 0 Å². The van der Waals surface area contributed by atoms with Crippen LogP contribution in [0.4, 0.5) is 0 Å². The number of hydrogen-bond donors (Lipinski definition) is 1. The van der Waals surface area contributed by atoms with Gasteiger partial charge in [-0.2, -0.15) is 0 Å². The quantitative estimate of drug-likeness (QED) is 0.893. The summed E-state index contributed by atoms with van der Waals surface area (Å²) >= 11 is 0. The molecule has 2 heterocycles. The van der Waals surface area contributed by atoms with Gasteiger partial charge in [-0.1, -0.05) is 30.3 Å². The van der Waals surface area contributed by atoms with Gasteiger partial charge in [0.25, 0.3) is 0 Å². The van der Waals surface area contributed by atoms with Crippen LogP contribution in [-0.2, 0) is 16.0 Å². The lowest BCUT2D eigenvalue weighted by atomic mass is 10.00. The molecular weight excluding hydrogens is 252 g/mol. The number of likely N-dealkylation sites (tertiary alicyclic amines) is 1. The molecule has 0 saturated carbocycles. The molecule has 4 heteroatoms. The van der Waals surface area contributed by atoms with Gasteiger partial charge in [0.05, 0.1) is 18.1 Å². The minimum Gasteiger partial charge on any atom is -0.371 e. The van der Waals surface area contributed by atoms with E-state index in [0.29, 0.717) is 0 Å². The zero-order valence-electron chi connectivity index (χ0n) is 11.9. The van der Waals surface area contributed by atoms with Gasteiger partial charge in [-0.25, -0.2) is 0 Å². The Morgan fingerprint density at radius 3 is 2.90 bits per heavy atom. The van der Waals surface area contributed by atoms with Crippen LogP contribution in [-0.4, -0.2) is 49.7 Å². The van der Waals surface area contributed by atoms with Crippen molar-refractivity contribution >= 4 is 5.91 Å². The lowest BCUT2D eigenvalue weighted by molar-refractivity contribution is -0.127. The lowest BCUT2D eigenvalue weighted by Crippen LogP contribution is -2.45. The van der Waals surface area contributed by atoms with Crippen molar-refractivity contribution in [3.05, 3.63) is 35.9 Å². The molecular formula is C16H22N2O2. The van der Waals surface area contributed by atoms with Crippen molar-refractivity contribution in [1.82, 2.24) is 10.2 Å². The monoisotopic (exact) mass is 274 g/mol. The number of hydrogen-bond acceptors (Lipinski definition) is 3. The van der Waals surface area contributed by atoms with Gasteiger partial charge in [0.15, 0.2) is 0 Å². The number of carbonyl (C=O) groups excluding carboxylic acids is 1. The molecule has 3 atom stereocenters. The van der Waals surface area contributed by atoms with Crippen molar-refractivity contribution in [1.29, 1.82) is 0 Å². The molecule has 0 aliphatic carbocycles. The standard InChI is InChI=1S/C16H22N2O2/c1-17-16(19)14-9-13-10-18(11-15(14)20-13)8-7-12-5-3-2-4-6-12/h2-6,13-15H,7-11H2,1H3,(H,17,19)/t13-,14-,15+/m0/s1. The van der Waals surface area contributed by atoms with Crippen LogP contribution in [0.25, 0.3) is 0 Å². The summed E-state index contributed by atoms with van der Waals surface area (Å²) in [7, 11) is 1.71. The van der Waals surface area contributed by atoms with Crippen LogP contribution in [0.5, 0.6) is 0 Å². The van der Waals surface area contributed by atoms with E-state index in [9.17, 15) is 4.79 Å². The van der Waals surface area contributed by atoms with Gasteiger partial charge in [0, 0.05) is 26.7 Å². The van der Waals surface area contributed by atoms with Crippen molar-refractivity contribution < 1.29 is 9.53 Å². The smallest absolute Gasteiger partial charge is 0.225 e. The molecule has 2 saturated heterocycles. The number of fused-ring (bicyclic) bond motifs is 2. The average molecular weight is 274 g/mol. The van der Waals surface area contributed by atoms with E-state index < -0.39 is 0 Å². The van der Waals surface area contributed by atoms with E-state index in [1.165, 1.54) is 5.56 Å². The highest BCUT2D eigenvalue weighted by atomic mass is 16.5. The molecule has 2 bridgehead atoms. The van der Waals surface area contributed by atoms with Crippen LogP contribution in [0, 0.1) is 5.92 Å². The third-order valence-corrected chi connectivity index (χ3v) is 4.38. The van der Waals surface area contributed by atoms with Crippen molar-refractivity contribution in [2.24, 2.45) is 5.92 Å². The maximum Gasteiger partial charge on any atom is 0.225 e. The van der Waals surface area contributed by atoms with E-state index in [4.69, 9.17) is 4.74 Å². The first-order valence-electron chi connectivity index (χ1n) is 7.39. The zero-order chi connectivity index (χ0) is 13.9. The van der Waals surface area contributed by atoms with Crippen molar-refractivity contribution in [3.63, 3.8) is 0 Å². The number of rotatable bonds is 4. The molecule has 1 N–H and O–H groups in total. The third-order valence-electron chi connectivity index (χ3n) is 4.38. The summed E-state index contributed by atoms with van der Waals surface area (Å²) in [6.07, 6.45) is 2.23. The number of ether oxygens (including phenoxy) is 1. The first-order valence-corrected chi connectivity index (χ1v) is 7.39. The van der Waals surface area contributed by atoms with Gasteiger partial charge in [0.2, 0.25) is 5.91 Å². The number of nitrogens with zero attached hydrogens (tertiary/aromatic N) is 1. The van der Waals surface area contributed by atoms with Crippen molar-refractivity contribution in [2.45, 2.75) is 25.0 Å². The van der Waals surface area contributed by atoms with E-state index in [-0.39, 0.29) is 24.0 Å². The van der Waals surface area contributed by atoms with Gasteiger partial charge in [-0.3, -0.25) is 9.69 Å². The molecule has 2 aliphatic rings. The normalized spacial score (nSPS) is 29.4. The Balaban J connectivity index is 1.55. The molecule has 0 radical (unpaired) electrons. The lowest BCUT2D eigenvalue weighted by Gasteiger charge is -2.32. The first kappa shape index (κ1) is 13.6. The fourth-order valence-electron chi connectivity index (χ4n) is 3.31. The van der Waals surface area contributed by atoms with E-state index in [1.807, 2.05) is 6.07 Å². The summed E-state index contributed by atoms with van der Waals surface area (Å²) in [6.45, 7) is 2.87.